The lowest BCUT2D eigenvalue weighted by Gasteiger charge is -2.27. The fraction of sp³-hybridized carbons (Fsp3) is 0.333. The van der Waals surface area contributed by atoms with Crippen LogP contribution in [0.15, 0.2) is 48.5 Å². The molecule has 112 valence electrons. The molecular formula is C18H22ClNO. The minimum absolute atomic E-state index is 0.0263. The summed E-state index contributed by atoms with van der Waals surface area (Å²) in [6.45, 7) is 4.90. The van der Waals surface area contributed by atoms with Gasteiger partial charge in [-0.3, -0.25) is 0 Å². The molecular weight excluding hydrogens is 282 g/mol. The molecule has 0 spiro atoms. The third-order valence-electron chi connectivity index (χ3n) is 3.72. The Bertz CT molecular complexity index is 561. The summed E-state index contributed by atoms with van der Waals surface area (Å²) in [5.74, 6) is 0.244. The number of halogens is 1. The Morgan fingerprint density at radius 3 is 2.43 bits per heavy atom. The number of phenols is 1. The van der Waals surface area contributed by atoms with Crippen molar-refractivity contribution in [3.63, 3.8) is 0 Å². The summed E-state index contributed by atoms with van der Waals surface area (Å²) in [5.41, 5.74) is 2.07. The molecule has 0 aliphatic heterocycles. The highest BCUT2D eigenvalue weighted by molar-refractivity contribution is 6.31. The zero-order chi connectivity index (χ0) is 15.3. The Morgan fingerprint density at radius 1 is 1.05 bits per heavy atom. The highest BCUT2D eigenvalue weighted by Crippen LogP contribution is 2.26. The molecule has 0 fully saturated rings. The second-order valence-corrected chi connectivity index (χ2v) is 6.37. The van der Waals surface area contributed by atoms with Crippen molar-refractivity contribution in [3.8, 4) is 5.75 Å². The van der Waals surface area contributed by atoms with E-state index in [1.54, 1.807) is 18.2 Å². The first-order valence-electron chi connectivity index (χ1n) is 7.23. The topological polar surface area (TPSA) is 32.3 Å². The van der Waals surface area contributed by atoms with Gasteiger partial charge in [0.2, 0.25) is 0 Å². The first kappa shape index (κ1) is 15.9. The Labute approximate surface area is 131 Å². The molecule has 2 aromatic carbocycles. The van der Waals surface area contributed by atoms with Gasteiger partial charge in [-0.1, -0.05) is 48.0 Å². The summed E-state index contributed by atoms with van der Waals surface area (Å²) in [7, 11) is 0. The van der Waals surface area contributed by atoms with E-state index in [0.717, 1.165) is 18.4 Å². The molecule has 2 aromatic rings. The molecule has 0 heterocycles. The minimum atomic E-state index is -0.0263. The van der Waals surface area contributed by atoms with Crippen molar-refractivity contribution in [2.24, 2.45) is 0 Å². The Morgan fingerprint density at radius 2 is 1.76 bits per heavy atom. The van der Waals surface area contributed by atoms with Crippen LogP contribution >= 0.6 is 11.6 Å². The van der Waals surface area contributed by atoms with Crippen LogP contribution in [0.4, 0.5) is 0 Å². The van der Waals surface area contributed by atoms with E-state index in [1.807, 2.05) is 6.07 Å². The molecule has 0 unspecified atom stereocenters. The van der Waals surface area contributed by atoms with Gasteiger partial charge in [0.05, 0.1) is 0 Å². The van der Waals surface area contributed by atoms with Crippen molar-refractivity contribution in [3.05, 3.63) is 64.7 Å². The predicted molar refractivity (Wildman–Crippen MR) is 88.8 cm³/mol. The summed E-state index contributed by atoms with van der Waals surface area (Å²) in [6, 6.07) is 15.7. The largest absolute Gasteiger partial charge is 0.508 e. The number of hydrogen-bond acceptors (Lipinski definition) is 2. The van der Waals surface area contributed by atoms with Crippen molar-refractivity contribution in [2.45, 2.75) is 38.8 Å². The SMILES string of the molecule is CC(C)(CCc1ccccc1)NCc1c(O)cccc1Cl. The summed E-state index contributed by atoms with van der Waals surface area (Å²) in [5, 5.41) is 14.0. The predicted octanol–water partition coefficient (Wildman–Crippen LogP) is 4.55. The lowest BCUT2D eigenvalue weighted by Crippen LogP contribution is -2.39. The van der Waals surface area contributed by atoms with Crippen LogP contribution in [0.5, 0.6) is 5.75 Å². The van der Waals surface area contributed by atoms with Crippen LogP contribution in [0.1, 0.15) is 31.4 Å². The summed E-state index contributed by atoms with van der Waals surface area (Å²) in [6.07, 6.45) is 2.04. The van der Waals surface area contributed by atoms with Gasteiger partial charge in [-0.05, 0) is 44.4 Å². The van der Waals surface area contributed by atoms with Gasteiger partial charge < -0.3 is 10.4 Å². The maximum Gasteiger partial charge on any atom is 0.121 e. The second kappa shape index (κ2) is 6.97. The molecule has 0 saturated heterocycles. The number of aryl methyl sites for hydroxylation is 1. The third-order valence-corrected chi connectivity index (χ3v) is 4.07. The van der Waals surface area contributed by atoms with Crippen LogP contribution in [0, 0.1) is 0 Å². The molecule has 0 aliphatic carbocycles. The molecule has 2 nitrogen and oxygen atoms in total. The average Bonchev–Trinajstić information content (AvgIpc) is 2.46. The average molecular weight is 304 g/mol. The van der Waals surface area contributed by atoms with Gasteiger partial charge in [0.1, 0.15) is 5.75 Å². The van der Waals surface area contributed by atoms with E-state index in [1.165, 1.54) is 5.56 Å². The van der Waals surface area contributed by atoms with Crippen molar-refractivity contribution in [1.29, 1.82) is 0 Å². The zero-order valence-electron chi connectivity index (χ0n) is 12.6. The zero-order valence-corrected chi connectivity index (χ0v) is 13.3. The number of nitrogens with one attached hydrogen (secondary N) is 1. The van der Waals surface area contributed by atoms with Gasteiger partial charge in [0, 0.05) is 22.7 Å². The van der Waals surface area contributed by atoms with E-state index in [2.05, 4.69) is 43.4 Å². The van der Waals surface area contributed by atoms with E-state index in [9.17, 15) is 5.11 Å². The fourth-order valence-corrected chi connectivity index (χ4v) is 2.48. The Kier molecular flexibility index (Phi) is 5.27. The van der Waals surface area contributed by atoms with E-state index in [4.69, 9.17) is 11.6 Å². The highest BCUT2D eigenvalue weighted by atomic mass is 35.5. The molecule has 21 heavy (non-hydrogen) atoms. The van der Waals surface area contributed by atoms with Crippen molar-refractivity contribution < 1.29 is 5.11 Å². The Hall–Kier alpha value is -1.51. The molecule has 0 aromatic heterocycles. The number of phenolic OH excluding ortho intramolecular Hbond substituents is 1. The number of aromatic hydroxyl groups is 1. The summed E-state index contributed by atoms with van der Waals surface area (Å²) < 4.78 is 0. The quantitative estimate of drug-likeness (QED) is 0.820. The van der Waals surface area contributed by atoms with Crippen LogP contribution in [0.2, 0.25) is 5.02 Å². The van der Waals surface area contributed by atoms with Crippen LogP contribution in [0.25, 0.3) is 0 Å². The molecule has 0 radical (unpaired) electrons. The van der Waals surface area contributed by atoms with E-state index >= 15 is 0 Å². The summed E-state index contributed by atoms with van der Waals surface area (Å²) >= 11 is 6.13. The lowest BCUT2D eigenvalue weighted by molar-refractivity contribution is 0.356. The Balaban J connectivity index is 1.92. The lowest BCUT2D eigenvalue weighted by atomic mass is 9.95. The normalized spacial score (nSPS) is 11.6. The van der Waals surface area contributed by atoms with Crippen LogP contribution in [-0.2, 0) is 13.0 Å². The van der Waals surface area contributed by atoms with Crippen molar-refractivity contribution in [1.82, 2.24) is 5.32 Å². The van der Waals surface area contributed by atoms with Gasteiger partial charge in [0.25, 0.3) is 0 Å². The molecule has 0 aliphatic rings. The molecule has 0 bridgehead atoms. The van der Waals surface area contributed by atoms with Gasteiger partial charge in [0.15, 0.2) is 0 Å². The second-order valence-electron chi connectivity index (χ2n) is 5.96. The standard InChI is InChI=1S/C18H22ClNO/c1-18(2,12-11-14-7-4-3-5-8-14)20-13-15-16(19)9-6-10-17(15)21/h3-10,20-21H,11-13H2,1-2H3. The van der Waals surface area contributed by atoms with E-state index in [-0.39, 0.29) is 11.3 Å². The molecule has 3 heteroatoms. The number of benzene rings is 2. The van der Waals surface area contributed by atoms with Crippen molar-refractivity contribution >= 4 is 11.6 Å². The first-order chi connectivity index (χ1) is 9.98. The van der Waals surface area contributed by atoms with Crippen LogP contribution in [-0.4, -0.2) is 10.6 Å². The van der Waals surface area contributed by atoms with Crippen LogP contribution < -0.4 is 5.32 Å². The van der Waals surface area contributed by atoms with E-state index in [0.29, 0.717) is 11.6 Å². The fourth-order valence-electron chi connectivity index (χ4n) is 2.24. The molecule has 2 rings (SSSR count). The van der Waals surface area contributed by atoms with Gasteiger partial charge in [-0.15, -0.1) is 0 Å². The molecule has 0 amide bonds. The third kappa shape index (κ3) is 4.76. The highest BCUT2D eigenvalue weighted by Gasteiger charge is 2.18. The number of hydrogen-bond donors (Lipinski definition) is 2. The molecule has 2 N–H and O–H groups in total. The van der Waals surface area contributed by atoms with Gasteiger partial charge in [-0.25, -0.2) is 0 Å². The molecule has 0 saturated carbocycles. The number of rotatable bonds is 6. The maximum atomic E-state index is 9.87. The van der Waals surface area contributed by atoms with Crippen molar-refractivity contribution in [2.75, 3.05) is 0 Å². The molecule has 0 atom stereocenters. The first-order valence-corrected chi connectivity index (χ1v) is 7.61. The van der Waals surface area contributed by atoms with Gasteiger partial charge >= 0.3 is 0 Å². The van der Waals surface area contributed by atoms with E-state index < -0.39 is 0 Å². The van der Waals surface area contributed by atoms with Crippen LogP contribution in [0.3, 0.4) is 0 Å². The van der Waals surface area contributed by atoms with Gasteiger partial charge in [-0.2, -0.15) is 0 Å². The minimum Gasteiger partial charge on any atom is -0.508 e. The summed E-state index contributed by atoms with van der Waals surface area (Å²) in [4.78, 5) is 0. The monoisotopic (exact) mass is 303 g/mol. The maximum absolute atomic E-state index is 9.87. The smallest absolute Gasteiger partial charge is 0.121 e.